The zero-order valence-corrected chi connectivity index (χ0v) is 14.6. The van der Waals surface area contributed by atoms with Crippen molar-refractivity contribution in [2.45, 2.75) is 5.82 Å². The molecule has 0 aliphatic carbocycles. The number of benzene rings is 2. The number of halogens is 1. The topological polar surface area (TPSA) is 12.5 Å². The Kier molecular flexibility index (Phi) is 7.55. The quantitative estimate of drug-likeness (QED) is 0.782. The van der Waals surface area contributed by atoms with Gasteiger partial charge < -0.3 is 9.64 Å². The number of nitrogens with zero attached hydrogens (tertiary/aromatic N) is 1. The maximum absolute atomic E-state index is 6.20. The summed E-state index contributed by atoms with van der Waals surface area (Å²) in [5, 5.41) is 0. The average Bonchev–Trinajstić information content (AvgIpc) is 2.47. The molecule has 0 aliphatic heterocycles. The smallest absolute Gasteiger partial charge is 0.118 e. The summed E-state index contributed by atoms with van der Waals surface area (Å²) in [7, 11) is 13.9. The number of methoxy groups -OCH3 is 1. The van der Waals surface area contributed by atoms with E-state index in [2.05, 4.69) is 15.9 Å². The second-order valence-electron chi connectivity index (χ2n) is 5.14. The lowest BCUT2D eigenvalue weighted by atomic mass is 9.76. The summed E-state index contributed by atoms with van der Waals surface area (Å²) in [6.07, 6.45) is 0. The average molecular weight is 346 g/mol. The fraction of sp³-hybridized carbons (Fsp3) is 0.294. The van der Waals surface area contributed by atoms with Gasteiger partial charge in [0.05, 0.1) is 15.0 Å². The molecule has 110 valence electrons. The number of rotatable bonds is 3. The minimum Gasteiger partial charge on any atom is -0.497 e. The Morgan fingerprint density at radius 3 is 1.67 bits per heavy atom. The van der Waals surface area contributed by atoms with E-state index in [0.717, 1.165) is 21.3 Å². The largest absolute Gasteiger partial charge is 0.497 e. The van der Waals surface area contributed by atoms with Gasteiger partial charge in [0.25, 0.3) is 0 Å². The SMILES string of the molecule is CN(C)C.[B]C(c1ccc(Br)cc1)c1ccc(OC)cc1. The normalized spacial score (nSPS) is 11.5. The van der Waals surface area contributed by atoms with E-state index in [1.165, 1.54) is 0 Å². The summed E-state index contributed by atoms with van der Waals surface area (Å²) in [5.41, 5.74) is 2.17. The van der Waals surface area contributed by atoms with Gasteiger partial charge >= 0.3 is 0 Å². The van der Waals surface area contributed by atoms with Gasteiger partial charge in [-0.25, -0.2) is 0 Å². The van der Waals surface area contributed by atoms with Crippen LogP contribution in [-0.4, -0.2) is 41.0 Å². The molecule has 0 spiro atoms. The van der Waals surface area contributed by atoms with E-state index in [4.69, 9.17) is 12.6 Å². The van der Waals surface area contributed by atoms with Crippen molar-refractivity contribution in [3.63, 3.8) is 0 Å². The molecule has 2 radical (unpaired) electrons. The Balaban J connectivity index is 0.000000491. The first kappa shape index (κ1) is 17.8. The molecule has 2 nitrogen and oxygen atoms in total. The van der Waals surface area contributed by atoms with Crippen molar-refractivity contribution in [1.29, 1.82) is 0 Å². The van der Waals surface area contributed by atoms with Gasteiger partial charge in [0, 0.05) is 4.47 Å². The number of hydrogen-bond acceptors (Lipinski definition) is 2. The standard InChI is InChI=1S/C14H12BBrO.C3H9N/c1-17-13-8-4-11(5-9-13)14(15)10-2-6-12(16)7-3-10;1-4(2)3/h2-9,14H,1H3;1-3H3. The Bertz CT molecular complexity index is 523. The fourth-order valence-electron chi connectivity index (χ4n) is 1.67. The predicted molar refractivity (Wildman–Crippen MR) is 94.3 cm³/mol. The van der Waals surface area contributed by atoms with E-state index < -0.39 is 0 Å². The van der Waals surface area contributed by atoms with Crippen molar-refractivity contribution in [3.8, 4) is 5.75 Å². The van der Waals surface area contributed by atoms with Crippen LogP contribution in [0.2, 0.25) is 0 Å². The monoisotopic (exact) mass is 345 g/mol. The van der Waals surface area contributed by atoms with Gasteiger partial charge in [0.1, 0.15) is 5.75 Å². The van der Waals surface area contributed by atoms with Crippen LogP contribution in [0.3, 0.4) is 0 Å². The Hall–Kier alpha value is -1.26. The molecule has 0 fully saturated rings. The third-order valence-electron chi connectivity index (χ3n) is 2.70. The zero-order chi connectivity index (χ0) is 15.8. The first-order valence-corrected chi connectivity index (χ1v) is 7.49. The van der Waals surface area contributed by atoms with Crippen LogP contribution in [0.1, 0.15) is 16.9 Å². The van der Waals surface area contributed by atoms with E-state index >= 15 is 0 Å². The molecule has 1 atom stereocenters. The van der Waals surface area contributed by atoms with Gasteiger partial charge in [-0.05, 0) is 62.4 Å². The second kappa shape index (κ2) is 8.91. The van der Waals surface area contributed by atoms with Crippen molar-refractivity contribution in [3.05, 3.63) is 64.1 Å². The highest BCUT2D eigenvalue weighted by molar-refractivity contribution is 9.10. The molecule has 0 saturated carbocycles. The van der Waals surface area contributed by atoms with Crippen molar-refractivity contribution in [2.24, 2.45) is 0 Å². The van der Waals surface area contributed by atoms with Gasteiger partial charge in [0.15, 0.2) is 0 Å². The van der Waals surface area contributed by atoms with Gasteiger partial charge in [-0.2, -0.15) is 0 Å². The molecule has 0 heterocycles. The van der Waals surface area contributed by atoms with Crippen LogP contribution >= 0.6 is 15.9 Å². The van der Waals surface area contributed by atoms with Crippen LogP contribution < -0.4 is 4.74 Å². The van der Waals surface area contributed by atoms with Crippen LogP contribution in [0, 0.1) is 0 Å². The van der Waals surface area contributed by atoms with Gasteiger partial charge in [0.2, 0.25) is 0 Å². The van der Waals surface area contributed by atoms with Crippen LogP contribution in [0.25, 0.3) is 0 Å². The molecule has 4 heteroatoms. The van der Waals surface area contributed by atoms with Crippen LogP contribution in [-0.2, 0) is 0 Å². The van der Waals surface area contributed by atoms with Crippen LogP contribution in [0.15, 0.2) is 53.0 Å². The first-order chi connectivity index (χ1) is 9.93. The summed E-state index contributed by atoms with van der Waals surface area (Å²) in [6.45, 7) is 0. The maximum Gasteiger partial charge on any atom is 0.118 e. The zero-order valence-electron chi connectivity index (χ0n) is 13.0. The summed E-state index contributed by atoms with van der Waals surface area (Å²) in [6, 6.07) is 15.9. The molecule has 1 unspecified atom stereocenters. The molecule has 2 aromatic rings. The lowest BCUT2D eigenvalue weighted by Gasteiger charge is -2.13. The highest BCUT2D eigenvalue weighted by Gasteiger charge is 2.07. The summed E-state index contributed by atoms with van der Waals surface area (Å²) in [4.78, 5) is 2.00. The molecule has 0 bridgehead atoms. The molecular formula is C17H21BBrNO. The highest BCUT2D eigenvalue weighted by atomic mass is 79.9. The minimum absolute atomic E-state index is 0.103. The number of hydrogen-bond donors (Lipinski definition) is 0. The lowest BCUT2D eigenvalue weighted by molar-refractivity contribution is 0.414. The highest BCUT2D eigenvalue weighted by Crippen LogP contribution is 2.24. The summed E-state index contributed by atoms with van der Waals surface area (Å²) in [5.74, 6) is 0.741. The fourth-order valence-corrected chi connectivity index (χ4v) is 1.94. The van der Waals surface area contributed by atoms with Crippen LogP contribution in [0.4, 0.5) is 0 Å². The second-order valence-corrected chi connectivity index (χ2v) is 6.06. The van der Waals surface area contributed by atoms with E-state index in [1.807, 2.05) is 74.6 Å². The maximum atomic E-state index is 6.20. The molecule has 2 aromatic carbocycles. The van der Waals surface area contributed by atoms with Crippen molar-refractivity contribution in [1.82, 2.24) is 4.90 Å². The summed E-state index contributed by atoms with van der Waals surface area (Å²) < 4.78 is 6.18. The molecule has 0 N–H and O–H groups in total. The Morgan fingerprint density at radius 2 is 1.29 bits per heavy atom. The lowest BCUT2D eigenvalue weighted by Crippen LogP contribution is -2.00. The molecular weight excluding hydrogens is 325 g/mol. The van der Waals surface area contributed by atoms with E-state index in [9.17, 15) is 0 Å². The Morgan fingerprint density at radius 1 is 0.905 bits per heavy atom. The van der Waals surface area contributed by atoms with E-state index in [0.29, 0.717) is 0 Å². The minimum atomic E-state index is -0.103. The first-order valence-electron chi connectivity index (χ1n) is 6.70. The molecule has 0 saturated heterocycles. The van der Waals surface area contributed by atoms with Gasteiger partial charge in [-0.3, -0.25) is 0 Å². The molecule has 0 amide bonds. The number of ether oxygens (including phenoxy) is 1. The van der Waals surface area contributed by atoms with Crippen LogP contribution in [0.5, 0.6) is 5.75 Å². The van der Waals surface area contributed by atoms with Crippen molar-refractivity contribution in [2.75, 3.05) is 28.3 Å². The third-order valence-corrected chi connectivity index (χ3v) is 3.23. The van der Waals surface area contributed by atoms with Gasteiger partial charge in [-0.1, -0.05) is 40.2 Å². The predicted octanol–water partition coefficient (Wildman–Crippen LogP) is 3.89. The van der Waals surface area contributed by atoms with Crippen molar-refractivity contribution >= 4 is 23.8 Å². The molecule has 0 aliphatic rings. The van der Waals surface area contributed by atoms with Crippen molar-refractivity contribution < 1.29 is 4.74 Å². The summed E-state index contributed by atoms with van der Waals surface area (Å²) >= 11 is 3.41. The molecule has 21 heavy (non-hydrogen) atoms. The third kappa shape index (κ3) is 6.36. The molecule has 2 rings (SSSR count). The van der Waals surface area contributed by atoms with E-state index in [1.54, 1.807) is 7.11 Å². The molecule has 0 aromatic heterocycles. The Labute approximate surface area is 137 Å². The van der Waals surface area contributed by atoms with Gasteiger partial charge in [-0.15, -0.1) is 0 Å². The van der Waals surface area contributed by atoms with E-state index in [-0.39, 0.29) is 5.82 Å².